The maximum absolute atomic E-state index is 15.7. The Morgan fingerprint density at radius 3 is 0.875 bits per heavy atom. The number of hydrogen-bond donors (Lipinski definition) is 0. The molecule has 0 unspecified atom stereocenters. The monoisotopic (exact) mass is 1060 g/mol. The standard InChI is InChI=1S/C71H53F6N3/c1-39-12-20-52(43(5)28-39)47-16-24-56-57-25-17-48(53-21-13-40(2)29-44(53)6)33-64(57)79(63(56)32-47)67-36-51(69-61(70(72,73)74)10-9-11-62(69)71(75,76)77)37-68(60(67)38-78)80-65-34-49(54-22-14-41(3)30-45(54)7)18-26-58(65)59-27-19-50(35-66(59)80)55-23-15-42(4)31-46(55)8/h9-37H,1-8H3. The predicted molar refractivity (Wildman–Crippen MR) is 315 cm³/mol. The molecular weight excluding hydrogens is 1010 g/mol. The molecule has 3 nitrogen and oxygen atoms in total. The molecule has 2 aromatic heterocycles. The second kappa shape index (κ2) is 19.1. The molecular formula is C71H53F6N3. The van der Waals surface area contributed by atoms with E-state index in [2.05, 4.69) is 30.3 Å². The minimum absolute atomic E-state index is 0.0343. The van der Waals surface area contributed by atoms with E-state index in [9.17, 15) is 5.26 Å². The van der Waals surface area contributed by atoms with E-state index in [-0.39, 0.29) is 22.5 Å². The number of aromatic nitrogens is 2. The summed E-state index contributed by atoms with van der Waals surface area (Å²) >= 11 is 0. The summed E-state index contributed by atoms with van der Waals surface area (Å²) in [4.78, 5) is 0. The summed E-state index contributed by atoms with van der Waals surface area (Å²) < 4.78 is 97.6. The molecule has 0 aliphatic heterocycles. The minimum Gasteiger partial charge on any atom is -0.308 e. The fraction of sp³-hybridized carbons (Fsp3) is 0.141. The van der Waals surface area contributed by atoms with E-state index >= 15 is 26.3 Å². The Bertz CT molecular complexity index is 4120. The van der Waals surface area contributed by atoms with Crippen molar-refractivity contribution in [1.82, 2.24) is 9.13 Å². The molecule has 0 spiro atoms. The van der Waals surface area contributed by atoms with Crippen LogP contribution in [-0.4, -0.2) is 9.13 Å². The van der Waals surface area contributed by atoms with Gasteiger partial charge in [0.05, 0.1) is 44.6 Å². The van der Waals surface area contributed by atoms with E-state index in [1.165, 1.54) is 12.1 Å². The van der Waals surface area contributed by atoms with Crippen LogP contribution in [0.15, 0.2) is 176 Å². The Hall–Kier alpha value is -9.13. The fourth-order valence-corrected chi connectivity index (χ4v) is 12.3. The van der Waals surface area contributed by atoms with Gasteiger partial charge in [0.15, 0.2) is 0 Å². The van der Waals surface area contributed by atoms with Gasteiger partial charge in [-0.1, -0.05) is 150 Å². The third-order valence-electron chi connectivity index (χ3n) is 16.0. The molecule has 0 radical (unpaired) electrons. The molecule has 0 saturated heterocycles. The van der Waals surface area contributed by atoms with Gasteiger partial charge in [-0.2, -0.15) is 31.6 Å². The lowest BCUT2D eigenvalue weighted by Crippen LogP contribution is -2.15. The summed E-state index contributed by atoms with van der Waals surface area (Å²) in [6.45, 7) is 16.2. The number of halogens is 6. The summed E-state index contributed by atoms with van der Waals surface area (Å²) in [6.07, 6.45) is -10.4. The first-order valence-corrected chi connectivity index (χ1v) is 26.5. The molecule has 10 aromatic carbocycles. The average molecular weight is 1060 g/mol. The first-order chi connectivity index (χ1) is 38.2. The molecule has 2 heterocycles. The van der Waals surface area contributed by atoms with Gasteiger partial charge in [-0.05, 0) is 176 Å². The van der Waals surface area contributed by atoms with Gasteiger partial charge in [-0.25, -0.2) is 0 Å². The summed E-state index contributed by atoms with van der Waals surface area (Å²) in [7, 11) is 0. The number of benzene rings is 10. The van der Waals surface area contributed by atoms with Crippen molar-refractivity contribution in [2.75, 3.05) is 0 Å². The van der Waals surface area contributed by atoms with E-state index in [1.807, 2.05) is 186 Å². The molecule has 0 atom stereocenters. The van der Waals surface area contributed by atoms with Gasteiger partial charge in [0.2, 0.25) is 0 Å². The van der Waals surface area contributed by atoms with Crippen LogP contribution in [0.5, 0.6) is 0 Å². The van der Waals surface area contributed by atoms with Crippen LogP contribution in [0.3, 0.4) is 0 Å². The second-order valence-corrected chi connectivity index (χ2v) is 21.6. The number of nitriles is 1. The zero-order valence-corrected chi connectivity index (χ0v) is 45.4. The van der Waals surface area contributed by atoms with Crippen molar-refractivity contribution >= 4 is 43.6 Å². The normalized spacial score (nSPS) is 12.1. The summed E-state index contributed by atoms with van der Waals surface area (Å²) in [5, 5.41) is 15.2. The molecule has 0 aliphatic rings. The lowest BCUT2D eigenvalue weighted by molar-refractivity contribution is -0.142. The van der Waals surface area contributed by atoms with Gasteiger partial charge in [0.25, 0.3) is 0 Å². The minimum atomic E-state index is -5.21. The molecule has 0 amide bonds. The SMILES string of the molecule is Cc1ccc(-c2ccc3c4ccc(-c5ccc(C)cc5C)cc4n(-c4cc(-c5c(C(F)(F)F)cccc5C(F)(F)F)cc(-n5c6cc(-c7ccc(C)cc7C)ccc6c6ccc(-c7ccc(C)cc7C)cc65)c4C#N)c3c2)c(C)c1. The lowest BCUT2D eigenvalue weighted by atomic mass is 9.91. The van der Waals surface area contributed by atoms with Gasteiger partial charge in [-0.15, -0.1) is 0 Å². The maximum atomic E-state index is 15.7. The highest BCUT2D eigenvalue weighted by Gasteiger charge is 2.41. The number of rotatable bonds is 7. The van der Waals surface area contributed by atoms with Crippen molar-refractivity contribution < 1.29 is 26.3 Å². The van der Waals surface area contributed by atoms with Gasteiger partial charge in [0.1, 0.15) is 11.6 Å². The molecule has 0 N–H and O–H groups in total. The van der Waals surface area contributed by atoms with Gasteiger partial charge < -0.3 is 9.13 Å². The lowest BCUT2D eigenvalue weighted by Gasteiger charge is -2.23. The number of aryl methyl sites for hydroxylation is 8. The predicted octanol–water partition coefficient (Wildman–Crippen LogP) is 20.6. The molecule has 9 heteroatoms. The Labute approximate surface area is 460 Å². The van der Waals surface area contributed by atoms with E-state index < -0.39 is 29.0 Å². The molecule has 0 bridgehead atoms. The highest BCUT2D eigenvalue weighted by Crippen LogP contribution is 2.49. The van der Waals surface area contributed by atoms with E-state index in [4.69, 9.17) is 0 Å². The van der Waals surface area contributed by atoms with Crippen LogP contribution in [-0.2, 0) is 12.4 Å². The topological polar surface area (TPSA) is 33.6 Å². The number of nitrogens with zero attached hydrogens (tertiary/aromatic N) is 3. The highest BCUT2D eigenvalue weighted by molar-refractivity contribution is 6.13. The quantitative estimate of drug-likeness (QED) is 0.146. The van der Waals surface area contributed by atoms with Crippen molar-refractivity contribution in [2.24, 2.45) is 0 Å². The molecule has 0 saturated carbocycles. The van der Waals surface area contributed by atoms with E-state index in [1.54, 1.807) is 0 Å². The average Bonchev–Trinajstić information content (AvgIpc) is 3.91. The van der Waals surface area contributed by atoms with Crippen LogP contribution in [0.4, 0.5) is 26.3 Å². The van der Waals surface area contributed by atoms with Crippen LogP contribution in [0.25, 0.3) is 111 Å². The van der Waals surface area contributed by atoms with Gasteiger partial charge in [0, 0.05) is 27.1 Å². The second-order valence-electron chi connectivity index (χ2n) is 21.6. The first-order valence-electron chi connectivity index (χ1n) is 26.5. The Morgan fingerprint density at radius 1 is 0.338 bits per heavy atom. The molecule has 0 fully saturated rings. The summed E-state index contributed by atoms with van der Waals surface area (Å²) in [5.41, 5.74) is 13.8. The molecule has 80 heavy (non-hydrogen) atoms. The van der Waals surface area contributed by atoms with Crippen molar-refractivity contribution in [3.05, 3.63) is 237 Å². The third kappa shape index (κ3) is 8.71. The van der Waals surface area contributed by atoms with Crippen LogP contribution in [0, 0.1) is 66.7 Å². The zero-order chi connectivity index (χ0) is 56.3. The number of alkyl halides is 6. The zero-order valence-electron chi connectivity index (χ0n) is 45.4. The Kier molecular flexibility index (Phi) is 12.3. The van der Waals surface area contributed by atoms with Crippen molar-refractivity contribution in [3.63, 3.8) is 0 Å². The molecule has 394 valence electrons. The van der Waals surface area contributed by atoms with E-state index in [0.717, 1.165) is 117 Å². The molecule has 12 aromatic rings. The third-order valence-corrected chi connectivity index (χ3v) is 16.0. The van der Waals surface area contributed by atoms with E-state index in [0.29, 0.717) is 34.2 Å². The maximum Gasteiger partial charge on any atom is 0.417 e. The van der Waals surface area contributed by atoms with Crippen LogP contribution in [0.2, 0.25) is 0 Å². The van der Waals surface area contributed by atoms with Crippen molar-refractivity contribution in [1.29, 1.82) is 5.26 Å². The van der Waals surface area contributed by atoms with Crippen LogP contribution in [0.1, 0.15) is 61.2 Å². The Balaban J connectivity index is 1.29. The number of fused-ring (bicyclic) bond motifs is 6. The van der Waals surface area contributed by atoms with Gasteiger partial charge >= 0.3 is 12.4 Å². The molecule has 12 rings (SSSR count). The Morgan fingerprint density at radius 2 is 0.625 bits per heavy atom. The molecule has 0 aliphatic carbocycles. The smallest absolute Gasteiger partial charge is 0.308 e. The van der Waals surface area contributed by atoms with Crippen LogP contribution >= 0.6 is 0 Å². The number of hydrogen-bond acceptors (Lipinski definition) is 1. The summed E-state index contributed by atoms with van der Waals surface area (Å²) in [6, 6.07) is 56.3. The summed E-state index contributed by atoms with van der Waals surface area (Å²) in [5.74, 6) is 0. The van der Waals surface area contributed by atoms with Crippen molar-refractivity contribution in [3.8, 4) is 73.1 Å². The first kappa shape index (κ1) is 51.6. The van der Waals surface area contributed by atoms with Crippen LogP contribution < -0.4 is 0 Å². The highest BCUT2D eigenvalue weighted by atomic mass is 19.4. The fourth-order valence-electron chi connectivity index (χ4n) is 12.3. The van der Waals surface area contributed by atoms with Gasteiger partial charge in [-0.3, -0.25) is 0 Å². The largest absolute Gasteiger partial charge is 0.417 e. The van der Waals surface area contributed by atoms with Crippen molar-refractivity contribution in [2.45, 2.75) is 67.7 Å².